The highest BCUT2D eigenvalue weighted by Gasteiger charge is 2.09. The zero-order valence-corrected chi connectivity index (χ0v) is 9.18. The number of ether oxygens (including phenoxy) is 1. The van der Waals surface area contributed by atoms with Gasteiger partial charge < -0.3 is 9.64 Å². The van der Waals surface area contributed by atoms with Crippen LogP contribution in [0.3, 0.4) is 0 Å². The predicted molar refractivity (Wildman–Crippen MR) is 56.2 cm³/mol. The second-order valence-corrected chi connectivity index (χ2v) is 3.45. The first-order valence-electron chi connectivity index (χ1n) is 4.72. The number of hydrogen-bond donors (Lipinski definition) is 0. The molecule has 0 atom stereocenters. The maximum absolute atomic E-state index is 13.2. The van der Waals surface area contributed by atoms with E-state index >= 15 is 0 Å². The Morgan fingerprint density at radius 2 is 1.80 bits per heavy atom. The quantitative estimate of drug-likeness (QED) is 0.764. The average Bonchev–Trinajstić information content (AvgIpc) is 2.21. The summed E-state index contributed by atoms with van der Waals surface area (Å²) in [6, 6.07) is 2.65. The summed E-state index contributed by atoms with van der Waals surface area (Å²) in [5.41, 5.74) is 0.576. The van der Waals surface area contributed by atoms with E-state index in [0.29, 0.717) is 18.8 Å². The van der Waals surface area contributed by atoms with E-state index in [9.17, 15) is 8.78 Å². The molecule has 0 amide bonds. The molecule has 0 heterocycles. The molecule has 4 heteroatoms. The van der Waals surface area contributed by atoms with Crippen LogP contribution in [0.4, 0.5) is 14.5 Å². The molecule has 0 N–H and O–H groups in total. The fraction of sp³-hybridized carbons (Fsp3) is 0.455. The number of nitrogens with zero attached hydrogens (tertiary/aromatic N) is 1. The molecule has 2 nitrogen and oxygen atoms in total. The standard InChI is InChI=1S/C11H15F2NO/c1-8-10(12)6-9(7-11(8)13)14(2)4-5-15-3/h6-7H,4-5H2,1-3H3. The van der Waals surface area contributed by atoms with E-state index in [1.54, 1.807) is 19.1 Å². The summed E-state index contributed by atoms with van der Waals surface area (Å²) in [7, 11) is 3.35. The molecule has 1 rings (SSSR count). The maximum Gasteiger partial charge on any atom is 0.131 e. The summed E-state index contributed by atoms with van der Waals surface area (Å²) in [6.07, 6.45) is 0. The van der Waals surface area contributed by atoms with Crippen molar-refractivity contribution in [3.8, 4) is 0 Å². The summed E-state index contributed by atoms with van der Waals surface area (Å²) >= 11 is 0. The molecule has 0 saturated carbocycles. The zero-order valence-electron chi connectivity index (χ0n) is 9.18. The van der Waals surface area contributed by atoms with Gasteiger partial charge in [0.2, 0.25) is 0 Å². The fourth-order valence-corrected chi connectivity index (χ4v) is 1.21. The van der Waals surface area contributed by atoms with Crippen molar-refractivity contribution >= 4 is 5.69 Å². The number of rotatable bonds is 4. The van der Waals surface area contributed by atoms with Crippen molar-refractivity contribution < 1.29 is 13.5 Å². The fourth-order valence-electron chi connectivity index (χ4n) is 1.21. The third kappa shape index (κ3) is 2.89. The van der Waals surface area contributed by atoms with Crippen molar-refractivity contribution in [1.29, 1.82) is 0 Å². The average molecular weight is 215 g/mol. The summed E-state index contributed by atoms with van der Waals surface area (Å²) in [4.78, 5) is 1.75. The van der Waals surface area contributed by atoms with E-state index in [2.05, 4.69) is 0 Å². The molecular weight excluding hydrogens is 200 g/mol. The van der Waals surface area contributed by atoms with Crippen molar-refractivity contribution in [2.45, 2.75) is 6.92 Å². The molecule has 0 aliphatic heterocycles. The van der Waals surface area contributed by atoms with Crippen molar-refractivity contribution in [3.63, 3.8) is 0 Å². The van der Waals surface area contributed by atoms with E-state index in [1.807, 2.05) is 0 Å². The van der Waals surface area contributed by atoms with Gasteiger partial charge in [-0.05, 0) is 19.1 Å². The van der Waals surface area contributed by atoms with E-state index in [0.717, 1.165) is 0 Å². The Balaban J connectivity index is 2.86. The molecule has 0 radical (unpaired) electrons. The number of hydrogen-bond acceptors (Lipinski definition) is 2. The van der Waals surface area contributed by atoms with Crippen molar-refractivity contribution in [1.82, 2.24) is 0 Å². The first-order chi connectivity index (χ1) is 7.06. The Morgan fingerprint density at radius 3 is 2.27 bits per heavy atom. The highest BCUT2D eigenvalue weighted by molar-refractivity contribution is 5.48. The Hall–Kier alpha value is -1.16. The molecule has 0 saturated heterocycles. The molecule has 0 spiro atoms. The van der Waals surface area contributed by atoms with Gasteiger partial charge in [-0.1, -0.05) is 0 Å². The maximum atomic E-state index is 13.2. The van der Waals surface area contributed by atoms with Crippen molar-refractivity contribution in [2.75, 3.05) is 32.2 Å². The number of anilines is 1. The van der Waals surface area contributed by atoms with E-state index in [1.165, 1.54) is 19.1 Å². The first kappa shape index (κ1) is 11.9. The van der Waals surface area contributed by atoms with Gasteiger partial charge in [0.05, 0.1) is 6.61 Å². The lowest BCUT2D eigenvalue weighted by atomic mass is 10.2. The Labute approximate surface area is 88.5 Å². The normalized spacial score (nSPS) is 10.5. The van der Waals surface area contributed by atoms with Crippen molar-refractivity contribution in [2.24, 2.45) is 0 Å². The molecule has 0 fully saturated rings. The van der Waals surface area contributed by atoms with Crippen LogP contribution < -0.4 is 4.90 Å². The van der Waals surface area contributed by atoms with Gasteiger partial charge in [0.25, 0.3) is 0 Å². The Morgan fingerprint density at radius 1 is 1.27 bits per heavy atom. The SMILES string of the molecule is COCCN(C)c1cc(F)c(C)c(F)c1. The lowest BCUT2D eigenvalue weighted by Gasteiger charge is -2.19. The Kier molecular flexibility index (Phi) is 4.03. The summed E-state index contributed by atoms with van der Waals surface area (Å²) in [5, 5.41) is 0. The number of benzene rings is 1. The van der Waals surface area contributed by atoms with Crippen LogP contribution in [0.1, 0.15) is 5.56 Å². The highest BCUT2D eigenvalue weighted by atomic mass is 19.1. The molecule has 0 aromatic heterocycles. The van der Waals surface area contributed by atoms with Gasteiger partial charge in [-0.25, -0.2) is 8.78 Å². The molecule has 0 aliphatic carbocycles. The van der Waals surface area contributed by atoms with Crippen molar-refractivity contribution in [3.05, 3.63) is 29.3 Å². The lowest BCUT2D eigenvalue weighted by Crippen LogP contribution is -2.22. The third-order valence-corrected chi connectivity index (χ3v) is 2.34. The van der Waals surface area contributed by atoms with E-state index in [-0.39, 0.29) is 5.56 Å². The van der Waals surface area contributed by atoms with Gasteiger partial charge in [0.15, 0.2) is 0 Å². The van der Waals surface area contributed by atoms with Crippen LogP contribution >= 0.6 is 0 Å². The van der Waals surface area contributed by atoms with Gasteiger partial charge in [0, 0.05) is 32.0 Å². The minimum absolute atomic E-state index is 0.0545. The molecule has 0 unspecified atom stereocenters. The van der Waals surface area contributed by atoms with Crippen LogP contribution in [0.15, 0.2) is 12.1 Å². The molecule has 84 valence electrons. The van der Waals surface area contributed by atoms with E-state index in [4.69, 9.17) is 4.74 Å². The largest absolute Gasteiger partial charge is 0.383 e. The first-order valence-corrected chi connectivity index (χ1v) is 4.72. The van der Waals surface area contributed by atoms with E-state index < -0.39 is 11.6 Å². The predicted octanol–water partition coefficient (Wildman–Crippen LogP) is 2.36. The smallest absolute Gasteiger partial charge is 0.131 e. The topological polar surface area (TPSA) is 12.5 Å². The van der Waals surface area contributed by atoms with Gasteiger partial charge in [-0.2, -0.15) is 0 Å². The summed E-state index contributed by atoms with van der Waals surface area (Å²) in [6.45, 7) is 2.54. The third-order valence-electron chi connectivity index (χ3n) is 2.34. The van der Waals surface area contributed by atoms with Gasteiger partial charge in [0.1, 0.15) is 11.6 Å². The molecule has 15 heavy (non-hydrogen) atoms. The lowest BCUT2D eigenvalue weighted by molar-refractivity contribution is 0.206. The molecule has 0 bridgehead atoms. The minimum atomic E-state index is -0.519. The molecule has 1 aromatic carbocycles. The minimum Gasteiger partial charge on any atom is -0.383 e. The summed E-state index contributed by atoms with van der Waals surface area (Å²) in [5.74, 6) is -1.04. The zero-order chi connectivity index (χ0) is 11.4. The van der Waals surface area contributed by atoms with Crippen LogP contribution in [0.5, 0.6) is 0 Å². The number of methoxy groups -OCH3 is 1. The van der Waals surface area contributed by atoms with Gasteiger partial charge >= 0.3 is 0 Å². The van der Waals surface area contributed by atoms with Crippen LogP contribution in [0.2, 0.25) is 0 Å². The molecule has 1 aromatic rings. The summed E-state index contributed by atoms with van der Waals surface area (Å²) < 4.78 is 31.3. The van der Waals surface area contributed by atoms with Gasteiger partial charge in [-0.3, -0.25) is 0 Å². The van der Waals surface area contributed by atoms with Crippen LogP contribution in [-0.4, -0.2) is 27.3 Å². The monoisotopic (exact) mass is 215 g/mol. The second-order valence-electron chi connectivity index (χ2n) is 3.45. The number of likely N-dealkylation sites (N-methyl/N-ethyl adjacent to an activating group) is 1. The molecule has 0 aliphatic rings. The van der Waals surface area contributed by atoms with Gasteiger partial charge in [-0.15, -0.1) is 0 Å². The van der Waals surface area contributed by atoms with Crippen LogP contribution in [0, 0.1) is 18.6 Å². The van der Waals surface area contributed by atoms with Crippen LogP contribution in [-0.2, 0) is 4.74 Å². The number of halogens is 2. The molecular formula is C11H15F2NO. The Bertz CT molecular complexity index is 318. The second kappa shape index (κ2) is 5.07. The highest BCUT2D eigenvalue weighted by Crippen LogP contribution is 2.20. The van der Waals surface area contributed by atoms with Crippen LogP contribution in [0.25, 0.3) is 0 Å².